The summed E-state index contributed by atoms with van der Waals surface area (Å²) in [6.45, 7) is 2.70. The van der Waals surface area contributed by atoms with Crippen molar-refractivity contribution in [3.8, 4) is 5.75 Å². The van der Waals surface area contributed by atoms with Crippen molar-refractivity contribution >= 4 is 21.9 Å². The SMILES string of the molecule is CCOC(=O)c1cccn1Cc1cc(Br)ccc1OC. The summed E-state index contributed by atoms with van der Waals surface area (Å²) in [7, 11) is 1.63. The molecule has 2 rings (SSSR count). The van der Waals surface area contributed by atoms with Gasteiger partial charge in [0.25, 0.3) is 0 Å². The number of benzene rings is 1. The van der Waals surface area contributed by atoms with Crippen LogP contribution in [0.2, 0.25) is 0 Å². The van der Waals surface area contributed by atoms with E-state index in [0.717, 1.165) is 15.8 Å². The Morgan fingerprint density at radius 3 is 2.85 bits per heavy atom. The van der Waals surface area contributed by atoms with E-state index in [1.165, 1.54) is 0 Å². The smallest absolute Gasteiger partial charge is 0.354 e. The van der Waals surface area contributed by atoms with Gasteiger partial charge in [-0.1, -0.05) is 15.9 Å². The maximum atomic E-state index is 11.9. The molecule has 0 spiro atoms. The normalized spacial score (nSPS) is 10.3. The van der Waals surface area contributed by atoms with Crippen molar-refractivity contribution < 1.29 is 14.3 Å². The van der Waals surface area contributed by atoms with Crippen LogP contribution in [-0.4, -0.2) is 24.3 Å². The zero-order valence-electron chi connectivity index (χ0n) is 11.4. The number of methoxy groups -OCH3 is 1. The Morgan fingerprint density at radius 1 is 1.35 bits per heavy atom. The number of halogens is 1. The van der Waals surface area contributed by atoms with E-state index < -0.39 is 0 Å². The fraction of sp³-hybridized carbons (Fsp3) is 0.267. The molecule has 1 aromatic carbocycles. The van der Waals surface area contributed by atoms with E-state index in [9.17, 15) is 4.79 Å². The number of ether oxygens (including phenoxy) is 2. The fourth-order valence-electron chi connectivity index (χ4n) is 2.00. The van der Waals surface area contributed by atoms with Gasteiger partial charge in [-0.2, -0.15) is 0 Å². The second kappa shape index (κ2) is 6.61. The van der Waals surface area contributed by atoms with Crippen LogP contribution < -0.4 is 4.74 Å². The summed E-state index contributed by atoms with van der Waals surface area (Å²) in [6, 6.07) is 9.38. The lowest BCUT2D eigenvalue weighted by Crippen LogP contribution is -2.12. The largest absolute Gasteiger partial charge is 0.496 e. The van der Waals surface area contributed by atoms with E-state index >= 15 is 0 Å². The van der Waals surface area contributed by atoms with Crippen molar-refractivity contribution in [2.75, 3.05) is 13.7 Å². The zero-order valence-corrected chi connectivity index (χ0v) is 13.0. The highest BCUT2D eigenvalue weighted by Crippen LogP contribution is 2.24. The van der Waals surface area contributed by atoms with Gasteiger partial charge in [0, 0.05) is 16.2 Å². The molecule has 0 N–H and O–H groups in total. The van der Waals surface area contributed by atoms with Gasteiger partial charge in [0.05, 0.1) is 20.3 Å². The third kappa shape index (κ3) is 3.22. The van der Waals surface area contributed by atoms with Gasteiger partial charge >= 0.3 is 5.97 Å². The van der Waals surface area contributed by atoms with Gasteiger partial charge in [-0.3, -0.25) is 0 Å². The summed E-state index contributed by atoms with van der Waals surface area (Å²) in [6.07, 6.45) is 1.85. The number of carbonyl (C=O) groups is 1. The Kier molecular flexibility index (Phi) is 4.84. The van der Waals surface area contributed by atoms with Crippen LogP contribution in [-0.2, 0) is 11.3 Å². The first-order valence-electron chi connectivity index (χ1n) is 6.30. The standard InChI is InChI=1S/C15H16BrNO3/c1-3-20-15(18)13-5-4-8-17(13)10-11-9-12(16)6-7-14(11)19-2/h4-9H,3,10H2,1-2H3. The second-order valence-electron chi connectivity index (χ2n) is 4.20. The fourth-order valence-corrected chi connectivity index (χ4v) is 2.41. The molecule has 0 atom stereocenters. The number of hydrogen-bond donors (Lipinski definition) is 0. The molecule has 0 amide bonds. The Balaban J connectivity index is 2.29. The van der Waals surface area contributed by atoms with E-state index in [1.807, 2.05) is 35.0 Å². The van der Waals surface area contributed by atoms with Crippen LogP contribution in [0.3, 0.4) is 0 Å². The van der Waals surface area contributed by atoms with Crippen LogP contribution in [0, 0.1) is 0 Å². The molecular formula is C15H16BrNO3. The number of esters is 1. The van der Waals surface area contributed by atoms with Gasteiger partial charge in [-0.05, 0) is 37.3 Å². The molecular weight excluding hydrogens is 322 g/mol. The molecule has 2 aromatic rings. The Hall–Kier alpha value is -1.75. The van der Waals surface area contributed by atoms with E-state index in [0.29, 0.717) is 18.8 Å². The second-order valence-corrected chi connectivity index (χ2v) is 5.11. The summed E-state index contributed by atoms with van der Waals surface area (Å²) >= 11 is 3.45. The molecule has 1 heterocycles. The quantitative estimate of drug-likeness (QED) is 0.784. The molecule has 0 unspecified atom stereocenters. The van der Waals surface area contributed by atoms with Gasteiger partial charge in [0.2, 0.25) is 0 Å². The minimum Gasteiger partial charge on any atom is -0.496 e. The number of rotatable bonds is 5. The van der Waals surface area contributed by atoms with Crippen LogP contribution in [0.1, 0.15) is 23.0 Å². The highest BCUT2D eigenvalue weighted by atomic mass is 79.9. The minimum atomic E-state index is -0.313. The van der Waals surface area contributed by atoms with Crippen LogP contribution in [0.4, 0.5) is 0 Å². The first-order chi connectivity index (χ1) is 9.65. The molecule has 0 fully saturated rings. The van der Waals surface area contributed by atoms with Gasteiger partial charge < -0.3 is 14.0 Å². The van der Waals surface area contributed by atoms with Gasteiger partial charge in [-0.15, -0.1) is 0 Å². The van der Waals surface area contributed by atoms with Gasteiger partial charge in [0.15, 0.2) is 0 Å². The maximum absolute atomic E-state index is 11.9. The third-order valence-electron chi connectivity index (χ3n) is 2.90. The lowest BCUT2D eigenvalue weighted by molar-refractivity contribution is 0.0514. The van der Waals surface area contributed by atoms with Crippen LogP contribution >= 0.6 is 15.9 Å². The topological polar surface area (TPSA) is 40.5 Å². The van der Waals surface area contributed by atoms with Crippen molar-refractivity contribution in [3.63, 3.8) is 0 Å². The molecule has 0 saturated carbocycles. The number of hydrogen-bond acceptors (Lipinski definition) is 3. The molecule has 0 saturated heterocycles. The first-order valence-corrected chi connectivity index (χ1v) is 7.09. The summed E-state index contributed by atoms with van der Waals surface area (Å²) < 4.78 is 13.2. The minimum absolute atomic E-state index is 0.313. The zero-order chi connectivity index (χ0) is 14.5. The number of aromatic nitrogens is 1. The lowest BCUT2D eigenvalue weighted by Gasteiger charge is -2.12. The van der Waals surface area contributed by atoms with E-state index in [2.05, 4.69) is 15.9 Å². The van der Waals surface area contributed by atoms with Crippen LogP contribution in [0.5, 0.6) is 5.75 Å². The Morgan fingerprint density at radius 2 is 2.15 bits per heavy atom. The van der Waals surface area contributed by atoms with Gasteiger partial charge in [-0.25, -0.2) is 4.79 Å². The number of nitrogens with zero attached hydrogens (tertiary/aromatic N) is 1. The summed E-state index contributed by atoms with van der Waals surface area (Å²) in [4.78, 5) is 11.9. The lowest BCUT2D eigenvalue weighted by atomic mass is 10.2. The van der Waals surface area contributed by atoms with E-state index in [-0.39, 0.29) is 5.97 Å². The highest BCUT2D eigenvalue weighted by Gasteiger charge is 2.13. The monoisotopic (exact) mass is 337 g/mol. The van der Waals surface area contributed by atoms with E-state index in [1.54, 1.807) is 20.1 Å². The third-order valence-corrected chi connectivity index (χ3v) is 3.39. The predicted molar refractivity (Wildman–Crippen MR) is 80.2 cm³/mol. The molecule has 4 nitrogen and oxygen atoms in total. The molecule has 0 aliphatic rings. The molecule has 0 aliphatic carbocycles. The summed E-state index contributed by atoms with van der Waals surface area (Å²) in [5.41, 5.74) is 1.53. The van der Waals surface area contributed by atoms with Crippen molar-refractivity contribution in [1.29, 1.82) is 0 Å². The average molecular weight is 338 g/mol. The van der Waals surface area contributed by atoms with Crippen molar-refractivity contribution in [1.82, 2.24) is 4.57 Å². The Labute approximate surface area is 126 Å². The molecule has 0 bridgehead atoms. The van der Waals surface area contributed by atoms with Crippen LogP contribution in [0.25, 0.3) is 0 Å². The Bertz CT molecular complexity index is 607. The molecule has 106 valence electrons. The molecule has 0 aliphatic heterocycles. The average Bonchev–Trinajstić information content (AvgIpc) is 2.87. The van der Waals surface area contributed by atoms with Crippen molar-refractivity contribution in [3.05, 3.63) is 52.3 Å². The molecule has 20 heavy (non-hydrogen) atoms. The van der Waals surface area contributed by atoms with Gasteiger partial charge in [0.1, 0.15) is 11.4 Å². The summed E-state index contributed by atoms with van der Waals surface area (Å²) in [5, 5.41) is 0. The summed E-state index contributed by atoms with van der Waals surface area (Å²) in [5.74, 6) is 0.475. The number of carbonyl (C=O) groups excluding carboxylic acids is 1. The molecule has 0 radical (unpaired) electrons. The predicted octanol–water partition coefficient (Wildman–Crippen LogP) is 3.48. The molecule has 5 heteroatoms. The highest BCUT2D eigenvalue weighted by molar-refractivity contribution is 9.10. The maximum Gasteiger partial charge on any atom is 0.354 e. The first kappa shape index (κ1) is 14.7. The molecule has 1 aromatic heterocycles. The van der Waals surface area contributed by atoms with Crippen molar-refractivity contribution in [2.45, 2.75) is 13.5 Å². The van der Waals surface area contributed by atoms with E-state index in [4.69, 9.17) is 9.47 Å². The van der Waals surface area contributed by atoms with Crippen molar-refractivity contribution in [2.24, 2.45) is 0 Å². The van der Waals surface area contributed by atoms with Crippen LogP contribution in [0.15, 0.2) is 41.0 Å².